The topological polar surface area (TPSA) is 37.4 Å². The van der Waals surface area contributed by atoms with E-state index in [1.807, 2.05) is 42.5 Å². The van der Waals surface area contributed by atoms with Crippen LogP contribution in [-0.4, -0.2) is 11.8 Å². The molecular formula is C23H18INO2. The molecule has 3 aliphatic rings. The van der Waals surface area contributed by atoms with Gasteiger partial charge in [-0.25, -0.2) is 4.90 Å². The molecule has 2 bridgehead atoms. The zero-order valence-corrected chi connectivity index (χ0v) is 17.0. The van der Waals surface area contributed by atoms with Crippen LogP contribution in [0.4, 0.5) is 5.69 Å². The highest BCUT2D eigenvalue weighted by molar-refractivity contribution is 14.1. The van der Waals surface area contributed by atoms with Crippen LogP contribution in [0.3, 0.4) is 0 Å². The molecule has 1 saturated carbocycles. The van der Waals surface area contributed by atoms with Crippen LogP contribution in [0.5, 0.6) is 0 Å². The molecule has 0 unspecified atom stereocenters. The summed E-state index contributed by atoms with van der Waals surface area (Å²) in [6.45, 7) is 2.12. The SMILES string of the molecule is CC(=C1[C@H]2C=C[C@H]1[C@H]1C(=O)N(c3ccc(I)cc3)C(=O)[C@H]12)c1ccccc1. The number of rotatable bonds is 2. The van der Waals surface area contributed by atoms with E-state index in [1.165, 1.54) is 21.6 Å². The summed E-state index contributed by atoms with van der Waals surface area (Å²) in [5.74, 6) is -0.570. The number of hydrogen-bond donors (Lipinski definition) is 0. The van der Waals surface area contributed by atoms with E-state index >= 15 is 0 Å². The Morgan fingerprint density at radius 1 is 0.852 bits per heavy atom. The lowest BCUT2D eigenvalue weighted by Crippen LogP contribution is -2.33. The van der Waals surface area contributed by atoms with Crippen molar-refractivity contribution in [2.24, 2.45) is 23.7 Å². The van der Waals surface area contributed by atoms with Crippen LogP contribution in [-0.2, 0) is 9.59 Å². The summed E-state index contributed by atoms with van der Waals surface area (Å²) in [6.07, 6.45) is 4.27. The number of allylic oxidation sites excluding steroid dienone is 4. The largest absolute Gasteiger partial charge is 0.274 e. The first kappa shape index (κ1) is 16.9. The molecule has 1 saturated heterocycles. The van der Waals surface area contributed by atoms with Gasteiger partial charge in [-0.2, -0.15) is 0 Å². The highest BCUT2D eigenvalue weighted by atomic mass is 127. The Labute approximate surface area is 171 Å². The van der Waals surface area contributed by atoms with E-state index in [1.54, 1.807) is 0 Å². The van der Waals surface area contributed by atoms with Gasteiger partial charge in [0.1, 0.15) is 0 Å². The number of fused-ring (bicyclic) bond motifs is 5. The van der Waals surface area contributed by atoms with Gasteiger partial charge in [0.25, 0.3) is 0 Å². The Kier molecular flexibility index (Phi) is 3.86. The quantitative estimate of drug-likeness (QED) is 0.365. The molecule has 4 atom stereocenters. The summed E-state index contributed by atoms with van der Waals surface area (Å²) in [4.78, 5) is 27.9. The second-order valence-electron chi connectivity index (χ2n) is 7.42. The van der Waals surface area contributed by atoms with E-state index in [0.717, 1.165) is 3.57 Å². The summed E-state index contributed by atoms with van der Waals surface area (Å²) >= 11 is 2.22. The van der Waals surface area contributed by atoms with Crippen molar-refractivity contribution in [3.8, 4) is 0 Å². The number of hydrogen-bond acceptors (Lipinski definition) is 2. The molecule has 1 heterocycles. The second-order valence-corrected chi connectivity index (χ2v) is 8.67. The molecule has 2 fully saturated rings. The Morgan fingerprint density at radius 2 is 1.41 bits per heavy atom. The lowest BCUT2D eigenvalue weighted by atomic mass is 9.85. The monoisotopic (exact) mass is 467 g/mol. The van der Waals surface area contributed by atoms with Crippen molar-refractivity contribution >= 4 is 45.7 Å². The summed E-state index contributed by atoms with van der Waals surface area (Å²) in [6, 6.07) is 17.8. The van der Waals surface area contributed by atoms with Gasteiger partial charge in [0.2, 0.25) is 11.8 Å². The predicted octanol–water partition coefficient (Wildman–Crippen LogP) is 4.69. The van der Waals surface area contributed by atoms with Crippen LogP contribution in [0.25, 0.3) is 5.57 Å². The molecule has 134 valence electrons. The van der Waals surface area contributed by atoms with E-state index in [-0.39, 0.29) is 35.5 Å². The Bertz CT molecular complexity index is 972. The van der Waals surface area contributed by atoms with Gasteiger partial charge in [-0.15, -0.1) is 0 Å². The third-order valence-corrected chi connectivity index (χ3v) is 6.86. The summed E-state index contributed by atoms with van der Waals surface area (Å²) in [7, 11) is 0. The molecule has 2 aromatic carbocycles. The smallest absolute Gasteiger partial charge is 0.238 e. The van der Waals surface area contributed by atoms with Gasteiger partial charge in [-0.05, 0) is 64.9 Å². The van der Waals surface area contributed by atoms with Gasteiger partial charge in [0, 0.05) is 15.4 Å². The number of anilines is 1. The number of nitrogens with zero attached hydrogens (tertiary/aromatic N) is 1. The van der Waals surface area contributed by atoms with Crippen LogP contribution in [0.15, 0.2) is 72.3 Å². The van der Waals surface area contributed by atoms with Gasteiger partial charge in [0.05, 0.1) is 17.5 Å². The predicted molar refractivity (Wildman–Crippen MR) is 114 cm³/mol. The van der Waals surface area contributed by atoms with E-state index in [9.17, 15) is 9.59 Å². The van der Waals surface area contributed by atoms with Crippen molar-refractivity contribution in [3.05, 3.63) is 81.5 Å². The standard InChI is InChI=1S/C23H18INO2/c1-13(14-5-3-2-4-6-14)19-17-11-12-18(19)21-20(17)22(26)25(23(21)27)16-9-7-15(24)8-10-16/h2-12,17-18,20-21H,1H3/t17-,18-,20-,21+/m1/s1. The minimum atomic E-state index is -0.263. The van der Waals surface area contributed by atoms with Crippen molar-refractivity contribution in [1.29, 1.82) is 0 Å². The van der Waals surface area contributed by atoms with Crippen molar-refractivity contribution in [2.45, 2.75) is 6.92 Å². The fraction of sp³-hybridized carbons (Fsp3) is 0.217. The first-order chi connectivity index (χ1) is 13.1. The van der Waals surface area contributed by atoms with Crippen molar-refractivity contribution < 1.29 is 9.59 Å². The average Bonchev–Trinajstić information content (AvgIpc) is 3.33. The summed E-state index contributed by atoms with van der Waals surface area (Å²) < 4.78 is 1.08. The number of imide groups is 1. The zero-order valence-electron chi connectivity index (χ0n) is 14.8. The first-order valence-corrected chi connectivity index (χ1v) is 10.2. The molecule has 2 aromatic rings. The molecule has 3 nitrogen and oxygen atoms in total. The Hall–Kier alpha value is -2.21. The maximum atomic E-state index is 13.2. The molecular weight excluding hydrogens is 449 g/mol. The minimum Gasteiger partial charge on any atom is -0.274 e. The number of carbonyl (C=O) groups is 2. The zero-order chi connectivity index (χ0) is 18.7. The molecule has 27 heavy (non-hydrogen) atoms. The molecule has 1 aliphatic heterocycles. The third-order valence-electron chi connectivity index (χ3n) is 6.14. The fourth-order valence-electron chi connectivity index (χ4n) is 4.96. The maximum absolute atomic E-state index is 13.2. The third kappa shape index (κ3) is 2.39. The van der Waals surface area contributed by atoms with E-state index in [2.05, 4.69) is 53.8 Å². The molecule has 0 radical (unpaired) electrons. The molecule has 5 rings (SSSR count). The highest BCUT2D eigenvalue weighted by Crippen LogP contribution is 2.58. The van der Waals surface area contributed by atoms with E-state index < -0.39 is 0 Å². The van der Waals surface area contributed by atoms with Crippen LogP contribution >= 0.6 is 22.6 Å². The number of amides is 2. The fourth-order valence-corrected chi connectivity index (χ4v) is 5.32. The van der Waals surface area contributed by atoms with Crippen molar-refractivity contribution in [1.82, 2.24) is 0 Å². The molecule has 2 aliphatic carbocycles. The van der Waals surface area contributed by atoms with Crippen LogP contribution < -0.4 is 4.90 Å². The number of carbonyl (C=O) groups excluding carboxylic acids is 2. The van der Waals surface area contributed by atoms with Crippen LogP contribution in [0.2, 0.25) is 0 Å². The summed E-state index contributed by atoms with van der Waals surface area (Å²) in [5.41, 5.74) is 4.30. The number of halogens is 1. The minimum absolute atomic E-state index is 0.0329. The average molecular weight is 467 g/mol. The highest BCUT2D eigenvalue weighted by Gasteiger charge is 2.62. The molecule has 0 N–H and O–H groups in total. The van der Waals surface area contributed by atoms with Gasteiger partial charge in [0.15, 0.2) is 0 Å². The lowest BCUT2D eigenvalue weighted by molar-refractivity contribution is -0.122. The first-order valence-electron chi connectivity index (χ1n) is 9.15. The van der Waals surface area contributed by atoms with Crippen molar-refractivity contribution in [2.75, 3.05) is 4.90 Å². The molecule has 0 spiro atoms. The Morgan fingerprint density at radius 3 is 1.96 bits per heavy atom. The van der Waals surface area contributed by atoms with Gasteiger partial charge in [-0.1, -0.05) is 48.1 Å². The normalized spacial score (nSPS) is 30.2. The van der Waals surface area contributed by atoms with Crippen LogP contribution in [0, 0.1) is 27.2 Å². The summed E-state index contributed by atoms with van der Waals surface area (Å²) in [5, 5.41) is 0. The second kappa shape index (κ2) is 6.16. The van der Waals surface area contributed by atoms with Gasteiger partial charge < -0.3 is 0 Å². The maximum Gasteiger partial charge on any atom is 0.238 e. The Balaban J connectivity index is 1.55. The molecule has 0 aromatic heterocycles. The van der Waals surface area contributed by atoms with Crippen LogP contribution in [0.1, 0.15) is 12.5 Å². The molecule has 2 amide bonds. The molecule has 4 heteroatoms. The van der Waals surface area contributed by atoms with Crippen molar-refractivity contribution in [3.63, 3.8) is 0 Å². The van der Waals surface area contributed by atoms with Gasteiger partial charge in [-0.3, -0.25) is 9.59 Å². The lowest BCUT2D eigenvalue weighted by Gasteiger charge is -2.20. The van der Waals surface area contributed by atoms with E-state index in [0.29, 0.717) is 5.69 Å². The van der Waals surface area contributed by atoms with E-state index in [4.69, 9.17) is 0 Å². The number of benzene rings is 2. The van der Waals surface area contributed by atoms with Gasteiger partial charge >= 0.3 is 0 Å².